The molecule has 1 aliphatic heterocycles. The standard InChI is InChI=1S/C26H28ClF3N4O2/c1-17-5-3-4-12-34(17)13-14-36-23-11-10-20(15-21(23)24-22(27)16-31-33(24)2)32-25(35)18-6-8-19(9-7-18)26(28,29)30/h6-11,15-17H,3-5,12-14H2,1-2H3,(H,32,35). The summed E-state index contributed by atoms with van der Waals surface area (Å²) in [6.07, 6.45) is 0.690. The van der Waals surface area contributed by atoms with Crippen molar-refractivity contribution in [2.45, 2.75) is 38.4 Å². The zero-order chi connectivity index (χ0) is 25.9. The number of alkyl halides is 3. The summed E-state index contributed by atoms with van der Waals surface area (Å²) in [5.41, 5.74) is 1.02. The number of piperidine rings is 1. The molecular formula is C26H28ClF3N4O2. The number of carbonyl (C=O) groups is 1. The van der Waals surface area contributed by atoms with Gasteiger partial charge in [0.2, 0.25) is 0 Å². The third kappa shape index (κ3) is 6.02. The average Bonchev–Trinajstić information content (AvgIpc) is 3.18. The van der Waals surface area contributed by atoms with Crippen molar-refractivity contribution in [2.75, 3.05) is 25.0 Å². The van der Waals surface area contributed by atoms with Crippen molar-refractivity contribution in [3.8, 4) is 17.0 Å². The first kappa shape index (κ1) is 26.0. The second kappa shape index (κ2) is 10.9. The van der Waals surface area contributed by atoms with Crippen LogP contribution < -0.4 is 10.1 Å². The Hall–Kier alpha value is -3.04. The van der Waals surface area contributed by atoms with Crippen molar-refractivity contribution in [2.24, 2.45) is 7.05 Å². The maximum Gasteiger partial charge on any atom is 0.416 e. The minimum atomic E-state index is -4.46. The lowest BCUT2D eigenvalue weighted by Crippen LogP contribution is -2.39. The molecule has 0 bridgehead atoms. The highest BCUT2D eigenvalue weighted by Gasteiger charge is 2.30. The van der Waals surface area contributed by atoms with Crippen molar-refractivity contribution in [3.05, 3.63) is 64.8 Å². The Kier molecular flexibility index (Phi) is 7.90. The third-order valence-electron chi connectivity index (χ3n) is 6.44. The largest absolute Gasteiger partial charge is 0.492 e. The maximum atomic E-state index is 12.8. The topological polar surface area (TPSA) is 59.4 Å². The molecule has 36 heavy (non-hydrogen) atoms. The van der Waals surface area contributed by atoms with Crippen LogP contribution >= 0.6 is 11.6 Å². The van der Waals surface area contributed by atoms with Crippen LogP contribution in [0.1, 0.15) is 42.1 Å². The highest BCUT2D eigenvalue weighted by atomic mass is 35.5. The zero-order valence-corrected chi connectivity index (χ0v) is 20.9. The summed E-state index contributed by atoms with van der Waals surface area (Å²) in [6.45, 7) is 4.57. The Morgan fingerprint density at radius 3 is 2.58 bits per heavy atom. The average molecular weight is 521 g/mol. The van der Waals surface area contributed by atoms with E-state index in [4.69, 9.17) is 16.3 Å². The summed E-state index contributed by atoms with van der Waals surface area (Å²) in [7, 11) is 1.76. The van der Waals surface area contributed by atoms with Gasteiger partial charge in [0.15, 0.2) is 0 Å². The van der Waals surface area contributed by atoms with Gasteiger partial charge in [0.25, 0.3) is 5.91 Å². The Morgan fingerprint density at radius 1 is 1.19 bits per heavy atom. The normalized spacial score (nSPS) is 16.7. The van der Waals surface area contributed by atoms with Gasteiger partial charge in [0, 0.05) is 36.4 Å². The molecule has 1 aromatic heterocycles. The lowest BCUT2D eigenvalue weighted by Gasteiger charge is -2.33. The Morgan fingerprint density at radius 2 is 1.94 bits per heavy atom. The summed E-state index contributed by atoms with van der Waals surface area (Å²) in [6, 6.07) is 9.76. The van der Waals surface area contributed by atoms with Gasteiger partial charge in [-0.15, -0.1) is 0 Å². The number of benzene rings is 2. The number of halogens is 4. The van der Waals surface area contributed by atoms with Gasteiger partial charge in [0.1, 0.15) is 12.4 Å². The van der Waals surface area contributed by atoms with Crippen molar-refractivity contribution in [3.63, 3.8) is 0 Å². The number of amides is 1. The molecule has 0 radical (unpaired) electrons. The Bertz CT molecular complexity index is 1190. The molecule has 2 heterocycles. The molecule has 1 N–H and O–H groups in total. The van der Waals surface area contributed by atoms with Crippen molar-refractivity contribution >= 4 is 23.2 Å². The van der Waals surface area contributed by atoms with E-state index in [0.717, 1.165) is 37.4 Å². The van der Waals surface area contributed by atoms with E-state index in [1.54, 1.807) is 29.9 Å². The van der Waals surface area contributed by atoms with E-state index in [1.807, 2.05) is 0 Å². The van der Waals surface area contributed by atoms with Crippen molar-refractivity contribution in [1.29, 1.82) is 0 Å². The minimum absolute atomic E-state index is 0.110. The van der Waals surface area contributed by atoms with Gasteiger partial charge in [-0.1, -0.05) is 18.0 Å². The highest BCUT2D eigenvalue weighted by Crippen LogP contribution is 2.37. The van der Waals surface area contributed by atoms with Crippen LogP contribution in [0.15, 0.2) is 48.7 Å². The summed E-state index contributed by atoms with van der Waals surface area (Å²) in [4.78, 5) is 15.1. The fourth-order valence-corrected chi connectivity index (χ4v) is 4.68. The number of nitrogens with zero attached hydrogens (tertiary/aromatic N) is 3. The van der Waals surface area contributed by atoms with Crippen LogP contribution in [-0.2, 0) is 13.2 Å². The maximum absolute atomic E-state index is 12.8. The molecule has 10 heteroatoms. The van der Waals surface area contributed by atoms with Crippen LogP contribution in [-0.4, -0.2) is 46.3 Å². The van der Waals surface area contributed by atoms with E-state index in [1.165, 1.54) is 25.5 Å². The first-order chi connectivity index (χ1) is 17.1. The number of hydrogen-bond acceptors (Lipinski definition) is 4. The molecule has 192 valence electrons. The molecule has 1 fully saturated rings. The molecule has 6 nitrogen and oxygen atoms in total. The number of nitrogens with one attached hydrogen (secondary N) is 1. The van der Waals surface area contributed by atoms with Crippen molar-refractivity contribution in [1.82, 2.24) is 14.7 Å². The molecule has 1 amide bonds. The second-order valence-corrected chi connectivity index (χ2v) is 9.34. The number of likely N-dealkylation sites (tertiary alicyclic amines) is 1. The lowest BCUT2D eigenvalue weighted by molar-refractivity contribution is -0.137. The first-order valence-electron chi connectivity index (χ1n) is 11.8. The van der Waals surface area contributed by atoms with E-state index >= 15 is 0 Å². The number of carbonyl (C=O) groups excluding carboxylic acids is 1. The number of rotatable bonds is 7. The van der Waals surface area contributed by atoms with Gasteiger partial charge in [-0.3, -0.25) is 14.4 Å². The summed E-state index contributed by atoms with van der Waals surface area (Å²) >= 11 is 6.41. The molecule has 0 saturated carbocycles. The number of ether oxygens (including phenoxy) is 1. The van der Waals surface area contributed by atoms with Crippen LogP contribution in [0.5, 0.6) is 5.75 Å². The molecule has 4 rings (SSSR count). The molecule has 2 aromatic carbocycles. The lowest BCUT2D eigenvalue weighted by atomic mass is 10.0. The zero-order valence-electron chi connectivity index (χ0n) is 20.1. The molecule has 3 aromatic rings. The predicted octanol–water partition coefficient (Wildman–Crippen LogP) is 6.26. The predicted molar refractivity (Wildman–Crippen MR) is 133 cm³/mol. The highest BCUT2D eigenvalue weighted by molar-refractivity contribution is 6.33. The van der Waals surface area contributed by atoms with Crippen LogP contribution in [0, 0.1) is 0 Å². The summed E-state index contributed by atoms with van der Waals surface area (Å²) in [5.74, 6) is 0.0659. The van der Waals surface area contributed by atoms with Gasteiger partial charge in [0.05, 0.1) is 22.5 Å². The summed E-state index contributed by atoms with van der Waals surface area (Å²) < 4.78 is 46.3. The van der Waals surface area contributed by atoms with Gasteiger partial charge in [-0.2, -0.15) is 18.3 Å². The molecule has 0 aliphatic carbocycles. The number of aryl methyl sites for hydroxylation is 1. The minimum Gasteiger partial charge on any atom is -0.492 e. The molecule has 1 unspecified atom stereocenters. The Labute approximate surface area is 213 Å². The van der Waals surface area contributed by atoms with Crippen LogP contribution in [0.4, 0.5) is 18.9 Å². The molecule has 1 atom stereocenters. The quantitative estimate of drug-likeness (QED) is 0.399. The molecule has 1 saturated heterocycles. The fourth-order valence-electron chi connectivity index (χ4n) is 4.41. The van der Waals surface area contributed by atoms with Crippen molar-refractivity contribution < 1.29 is 22.7 Å². The van der Waals surface area contributed by atoms with Crippen LogP contribution in [0.25, 0.3) is 11.3 Å². The van der Waals surface area contributed by atoms with Gasteiger partial charge in [-0.05, 0) is 68.8 Å². The van der Waals surface area contributed by atoms with Gasteiger partial charge >= 0.3 is 6.18 Å². The number of anilines is 1. The number of aromatic nitrogens is 2. The second-order valence-electron chi connectivity index (χ2n) is 8.93. The Balaban J connectivity index is 1.53. The van der Waals surface area contributed by atoms with E-state index < -0.39 is 17.6 Å². The fraction of sp³-hybridized carbons (Fsp3) is 0.385. The third-order valence-corrected chi connectivity index (χ3v) is 6.71. The smallest absolute Gasteiger partial charge is 0.416 e. The molecule has 0 spiro atoms. The van der Waals surface area contributed by atoms with Crippen LogP contribution in [0.3, 0.4) is 0 Å². The number of hydrogen-bond donors (Lipinski definition) is 1. The van der Waals surface area contributed by atoms with E-state index in [2.05, 4.69) is 22.2 Å². The van der Waals surface area contributed by atoms with E-state index in [-0.39, 0.29) is 5.56 Å². The van der Waals surface area contributed by atoms with Crippen LogP contribution in [0.2, 0.25) is 5.02 Å². The first-order valence-corrected chi connectivity index (χ1v) is 12.2. The van der Waals surface area contributed by atoms with E-state index in [0.29, 0.717) is 40.4 Å². The monoisotopic (exact) mass is 520 g/mol. The molecule has 1 aliphatic rings. The van der Waals surface area contributed by atoms with Gasteiger partial charge in [-0.25, -0.2) is 0 Å². The molecular weight excluding hydrogens is 493 g/mol. The summed E-state index contributed by atoms with van der Waals surface area (Å²) in [5, 5.41) is 7.38. The SMILES string of the molecule is CC1CCCCN1CCOc1ccc(NC(=O)c2ccc(C(F)(F)F)cc2)cc1-c1c(Cl)cnn1C. The van der Waals surface area contributed by atoms with Gasteiger partial charge < -0.3 is 10.1 Å². The van der Waals surface area contributed by atoms with E-state index in [9.17, 15) is 18.0 Å².